The highest BCUT2D eigenvalue weighted by Gasteiger charge is 2.24. The SMILES string of the molecule is O=C(NC1CCN(C(=O)COc2ccccc2)CC1)c1ccco1. The third-order valence-electron chi connectivity index (χ3n) is 4.03. The molecule has 6 heteroatoms. The van der Waals surface area contributed by atoms with E-state index < -0.39 is 0 Å². The monoisotopic (exact) mass is 328 g/mol. The molecule has 0 spiro atoms. The van der Waals surface area contributed by atoms with Gasteiger partial charge in [0, 0.05) is 19.1 Å². The zero-order chi connectivity index (χ0) is 16.8. The lowest BCUT2D eigenvalue weighted by molar-refractivity contribution is -0.134. The first-order valence-electron chi connectivity index (χ1n) is 8.02. The molecule has 1 aromatic carbocycles. The summed E-state index contributed by atoms with van der Waals surface area (Å²) in [6.45, 7) is 1.26. The maximum Gasteiger partial charge on any atom is 0.287 e. The number of carbonyl (C=O) groups is 2. The summed E-state index contributed by atoms with van der Waals surface area (Å²) in [4.78, 5) is 25.9. The predicted octanol–water partition coefficient (Wildman–Crippen LogP) is 2.08. The van der Waals surface area contributed by atoms with Crippen molar-refractivity contribution < 1.29 is 18.7 Å². The molecule has 1 aliphatic heterocycles. The standard InChI is InChI=1S/C18H20N2O4/c21-17(13-24-15-5-2-1-3-6-15)20-10-8-14(9-11-20)19-18(22)16-7-4-12-23-16/h1-7,12,14H,8-11,13H2,(H,19,22). The van der Waals surface area contributed by atoms with Crippen molar-refractivity contribution >= 4 is 11.8 Å². The van der Waals surface area contributed by atoms with Crippen LogP contribution < -0.4 is 10.1 Å². The average molecular weight is 328 g/mol. The van der Waals surface area contributed by atoms with Crippen molar-refractivity contribution in [2.45, 2.75) is 18.9 Å². The molecule has 126 valence electrons. The Bertz CT molecular complexity index is 662. The van der Waals surface area contributed by atoms with Crippen LogP contribution in [0, 0.1) is 0 Å². The maximum absolute atomic E-state index is 12.2. The normalized spacial score (nSPS) is 15.1. The first-order chi connectivity index (χ1) is 11.7. The Hall–Kier alpha value is -2.76. The molecule has 1 saturated heterocycles. The van der Waals surface area contributed by atoms with Gasteiger partial charge in [-0.3, -0.25) is 9.59 Å². The Morgan fingerprint density at radius 1 is 1.12 bits per heavy atom. The second-order valence-electron chi connectivity index (χ2n) is 5.71. The number of hydrogen-bond acceptors (Lipinski definition) is 4. The fraction of sp³-hybridized carbons (Fsp3) is 0.333. The molecule has 2 heterocycles. The molecule has 0 unspecified atom stereocenters. The molecule has 1 fully saturated rings. The van der Waals surface area contributed by atoms with Gasteiger partial charge < -0.3 is 19.4 Å². The van der Waals surface area contributed by atoms with Crippen LogP contribution in [0.5, 0.6) is 5.75 Å². The lowest BCUT2D eigenvalue weighted by Crippen LogP contribution is -2.47. The van der Waals surface area contributed by atoms with E-state index >= 15 is 0 Å². The van der Waals surface area contributed by atoms with E-state index in [-0.39, 0.29) is 24.5 Å². The molecular weight excluding hydrogens is 308 g/mol. The van der Waals surface area contributed by atoms with E-state index in [4.69, 9.17) is 9.15 Å². The Labute approximate surface area is 140 Å². The number of piperidine rings is 1. The van der Waals surface area contributed by atoms with Crippen molar-refractivity contribution in [1.29, 1.82) is 0 Å². The molecular formula is C18H20N2O4. The third-order valence-corrected chi connectivity index (χ3v) is 4.03. The van der Waals surface area contributed by atoms with Gasteiger partial charge in [-0.2, -0.15) is 0 Å². The number of ether oxygens (including phenoxy) is 1. The number of nitrogens with zero attached hydrogens (tertiary/aromatic N) is 1. The van der Waals surface area contributed by atoms with Gasteiger partial charge in [0.25, 0.3) is 11.8 Å². The summed E-state index contributed by atoms with van der Waals surface area (Å²) in [7, 11) is 0. The van der Waals surface area contributed by atoms with Crippen LogP contribution in [0.1, 0.15) is 23.4 Å². The molecule has 0 radical (unpaired) electrons. The van der Waals surface area contributed by atoms with Crippen molar-refractivity contribution in [1.82, 2.24) is 10.2 Å². The fourth-order valence-corrected chi connectivity index (χ4v) is 2.69. The molecule has 1 aliphatic rings. The lowest BCUT2D eigenvalue weighted by Gasteiger charge is -2.32. The number of likely N-dealkylation sites (tertiary alicyclic amines) is 1. The number of hydrogen-bond donors (Lipinski definition) is 1. The highest BCUT2D eigenvalue weighted by atomic mass is 16.5. The zero-order valence-corrected chi connectivity index (χ0v) is 13.3. The zero-order valence-electron chi connectivity index (χ0n) is 13.3. The van der Waals surface area contributed by atoms with Crippen LogP contribution in [-0.2, 0) is 4.79 Å². The van der Waals surface area contributed by atoms with Gasteiger partial charge >= 0.3 is 0 Å². The summed E-state index contributed by atoms with van der Waals surface area (Å²) >= 11 is 0. The van der Waals surface area contributed by atoms with Gasteiger partial charge in [0.15, 0.2) is 12.4 Å². The summed E-state index contributed by atoms with van der Waals surface area (Å²) < 4.78 is 10.6. The number of amides is 2. The lowest BCUT2D eigenvalue weighted by atomic mass is 10.0. The van der Waals surface area contributed by atoms with E-state index in [2.05, 4.69) is 5.32 Å². The molecule has 3 rings (SSSR count). The van der Waals surface area contributed by atoms with Gasteiger partial charge in [0.1, 0.15) is 5.75 Å². The Morgan fingerprint density at radius 2 is 1.88 bits per heavy atom. The maximum atomic E-state index is 12.2. The number of nitrogens with one attached hydrogen (secondary N) is 1. The Balaban J connectivity index is 1.41. The molecule has 24 heavy (non-hydrogen) atoms. The number of carbonyl (C=O) groups excluding carboxylic acids is 2. The fourth-order valence-electron chi connectivity index (χ4n) is 2.69. The second kappa shape index (κ2) is 7.68. The number of benzene rings is 1. The smallest absolute Gasteiger partial charge is 0.287 e. The van der Waals surface area contributed by atoms with Crippen molar-refractivity contribution in [3.05, 3.63) is 54.5 Å². The minimum atomic E-state index is -0.211. The van der Waals surface area contributed by atoms with Crippen LogP contribution in [0.3, 0.4) is 0 Å². The molecule has 1 aromatic heterocycles. The largest absolute Gasteiger partial charge is 0.484 e. The van der Waals surface area contributed by atoms with E-state index in [9.17, 15) is 9.59 Å². The van der Waals surface area contributed by atoms with E-state index in [0.717, 1.165) is 12.8 Å². The van der Waals surface area contributed by atoms with Crippen LogP contribution in [0.15, 0.2) is 53.1 Å². The highest BCUT2D eigenvalue weighted by molar-refractivity contribution is 5.91. The number of rotatable bonds is 5. The molecule has 0 aliphatic carbocycles. The van der Waals surface area contributed by atoms with E-state index in [1.54, 1.807) is 17.0 Å². The van der Waals surface area contributed by atoms with Gasteiger partial charge in [0.2, 0.25) is 0 Å². The average Bonchev–Trinajstić information content (AvgIpc) is 3.16. The molecule has 2 amide bonds. The second-order valence-corrected chi connectivity index (χ2v) is 5.71. The van der Waals surface area contributed by atoms with Gasteiger partial charge in [0.05, 0.1) is 6.26 Å². The van der Waals surface area contributed by atoms with Crippen molar-refractivity contribution in [3.63, 3.8) is 0 Å². The third kappa shape index (κ3) is 4.16. The van der Waals surface area contributed by atoms with E-state index in [1.807, 2.05) is 30.3 Å². The van der Waals surface area contributed by atoms with Crippen LogP contribution in [-0.4, -0.2) is 42.5 Å². The molecule has 0 atom stereocenters. The van der Waals surface area contributed by atoms with Crippen molar-refractivity contribution in [2.24, 2.45) is 0 Å². The molecule has 0 bridgehead atoms. The molecule has 1 N–H and O–H groups in total. The van der Waals surface area contributed by atoms with E-state index in [0.29, 0.717) is 24.6 Å². The van der Waals surface area contributed by atoms with Crippen LogP contribution in [0.25, 0.3) is 0 Å². The summed E-state index contributed by atoms with van der Waals surface area (Å²) in [6, 6.07) is 12.7. The van der Waals surface area contributed by atoms with Crippen LogP contribution >= 0.6 is 0 Å². The van der Waals surface area contributed by atoms with Crippen LogP contribution in [0.4, 0.5) is 0 Å². The Morgan fingerprint density at radius 3 is 2.54 bits per heavy atom. The van der Waals surface area contributed by atoms with Gasteiger partial charge in [-0.05, 0) is 37.1 Å². The quantitative estimate of drug-likeness (QED) is 0.912. The summed E-state index contributed by atoms with van der Waals surface area (Å²) in [5.74, 6) is 0.753. The molecule has 2 aromatic rings. The van der Waals surface area contributed by atoms with Crippen molar-refractivity contribution in [3.8, 4) is 5.75 Å². The Kier molecular flexibility index (Phi) is 5.15. The first kappa shape index (κ1) is 16.1. The summed E-state index contributed by atoms with van der Waals surface area (Å²) in [5.41, 5.74) is 0. The first-order valence-corrected chi connectivity index (χ1v) is 8.02. The summed E-state index contributed by atoms with van der Waals surface area (Å²) in [6.07, 6.45) is 2.93. The topological polar surface area (TPSA) is 71.8 Å². The highest BCUT2D eigenvalue weighted by Crippen LogP contribution is 2.13. The number of para-hydroxylation sites is 1. The van der Waals surface area contributed by atoms with Crippen LogP contribution in [0.2, 0.25) is 0 Å². The molecule has 0 saturated carbocycles. The van der Waals surface area contributed by atoms with E-state index in [1.165, 1.54) is 6.26 Å². The summed E-state index contributed by atoms with van der Waals surface area (Å²) in [5, 5.41) is 2.94. The van der Waals surface area contributed by atoms with Crippen molar-refractivity contribution in [2.75, 3.05) is 19.7 Å². The number of furan rings is 1. The minimum Gasteiger partial charge on any atom is -0.484 e. The predicted molar refractivity (Wildman–Crippen MR) is 87.7 cm³/mol. The van der Waals surface area contributed by atoms with Gasteiger partial charge in [-0.1, -0.05) is 18.2 Å². The minimum absolute atomic E-state index is 0.0327. The van der Waals surface area contributed by atoms with Gasteiger partial charge in [-0.15, -0.1) is 0 Å². The molecule has 6 nitrogen and oxygen atoms in total. The van der Waals surface area contributed by atoms with Gasteiger partial charge in [-0.25, -0.2) is 0 Å².